The Morgan fingerprint density at radius 1 is 0.647 bits per heavy atom. The van der Waals surface area contributed by atoms with Gasteiger partial charge < -0.3 is 30.5 Å². The van der Waals surface area contributed by atoms with E-state index in [-0.39, 0.29) is 18.0 Å². The SMILES string of the molecule is N.N.O=S(=O)(O)O.O=S(=O)([O-])[O-].O=S(=O)([O-])[O-].[H+].[H+].[H+].[H+]. The van der Waals surface area contributed by atoms with Gasteiger partial charge >= 0.3 is 16.1 Å². The summed E-state index contributed by atoms with van der Waals surface area (Å²) < 4.78 is 99.7. The minimum atomic E-state index is -5.17. The molecule has 0 bridgehead atoms. The molecule has 0 amide bonds. The molecule has 0 aliphatic carbocycles. The summed E-state index contributed by atoms with van der Waals surface area (Å²) in [5.41, 5.74) is 0. The molecule has 17 heteroatoms. The summed E-state index contributed by atoms with van der Waals surface area (Å²) in [5, 5.41) is 0. The number of hydrogen-bond donors (Lipinski definition) is 4. The lowest BCUT2D eigenvalue weighted by molar-refractivity contribution is 0.350. The van der Waals surface area contributed by atoms with E-state index in [9.17, 15) is 0 Å². The van der Waals surface area contributed by atoms with E-state index in [4.69, 9.17) is 52.6 Å². The highest BCUT2D eigenvalue weighted by Gasteiger charge is 1.84. The molecular weight excluding hydrogens is 316 g/mol. The highest BCUT2D eigenvalue weighted by molar-refractivity contribution is 7.80. The van der Waals surface area contributed by atoms with Crippen LogP contribution in [0.4, 0.5) is 0 Å². The lowest BCUT2D eigenvalue weighted by Crippen LogP contribution is -1.91. The Morgan fingerprint density at radius 3 is 0.647 bits per heavy atom. The Morgan fingerprint density at radius 2 is 0.647 bits per heavy atom. The Bertz CT molecular complexity index is 355. The maximum absolute atomic E-state index is 8.74. The molecule has 0 unspecified atom stereocenters. The molecule has 0 aromatic carbocycles. The first kappa shape index (κ1) is 30.0. The summed E-state index contributed by atoms with van der Waals surface area (Å²) in [5.74, 6) is 0. The molecule has 14 nitrogen and oxygen atoms in total. The van der Waals surface area contributed by atoms with Gasteiger partial charge in [-0.1, -0.05) is 0 Å². The van der Waals surface area contributed by atoms with E-state index < -0.39 is 31.2 Å². The Kier molecular flexibility index (Phi) is 18.8. The zero-order valence-corrected chi connectivity index (χ0v) is 10.1. The molecule has 0 saturated heterocycles. The van der Waals surface area contributed by atoms with Crippen LogP contribution in [0.25, 0.3) is 0 Å². The van der Waals surface area contributed by atoms with Crippen molar-refractivity contribution in [2.45, 2.75) is 0 Å². The zero-order valence-electron chi connectivity index (χ0n) is 11.6. The van der Waals surface area contributed by atoms with Crippen molar-refractivity contribution >= 4 is 31.2 Å². The predicted octanol–water partition coefficient (Wildman–Crippen LogP) is -2.55. The van der Waals surface area contributed by atoms with Gasteiger partial charge in [-0.3, -0.25) is 25.9 Å². The third-order valence-electron chi connectivity index (χ3n) is 0. The number of hydrogen-bond acceptors (Lipinski definition) is 12. The molecule has 0 aliphatic heterocycles. The van der Waals surface area contributed by atoms with Gasteiger partial charge in [0.25, 0.3) is 0 Å². The van der Waals surface area contributed by atoms with Crippen LogP contribution in [0.3, 0.4) is 0 Å². The normalized spacial score (nSPS) is 10.2. The van der Waals surface area contributed by atoms with Gasteiger partial charge in [-0.05, 0) is 0 Å². The molecular formula is H12N2O12S3. The fraction of sp³-hybridized carbons (Fsp3) is 0. The van der Waals surface area contributed by atoms with Gasteiger partial charge in [-0.15, -0.1) is 0 Å². The van der Waals surface area contributed by atoms with Crippen LogP contribution in [0.5, 0.6) is 0 Å². The highest BCUT2D eigenvalue weighted by Crippen LogP contribution is 1.59. The van der Waals surface area contributed by atoms with E-state index >= 15 is 0 Å². The first-order chi connectivity index (χ1) is 6.00. The number of rotatable bonds is 0. The van der Waals surface area contributed by atoms with Crippen LogP contribution < -0.4 is 12.3 Å². The standard InChI is InChI=1S/2H3N.3H2O4S/c;;3*1-5(2,3)4/h2*1H3;3*(H2,1,2,3,4). The van der Waals surface area contributed by atoms with Crippen molar-refractivity contribution in [3.05, 3.63) is 0 Å². The largest absolute Gasteiger partial charge is 1.00 e. The molecule has 0 spiro atoms. The van der Waals surface area contributed by atoms with Crippen molar-refractivity contribution in [2.24, 2.45) is 0 Å². The fourth-order valence-corrected chi connectivity index (χ4v) is 0. The summed E-state index contributed by atoms with van der Waals surface area (Å²) in [7, 11) is -15.0. The van der Waals surface area contributed by atoms with Crippen LogP contribution >= 0.6 is 0 Å². The minimum Gasteiger partial charge on any atom is -0.759 e. The van der Waals surface area contributed by atoms with E-state index in [0.717, 1.165) is 0 Å². The Hall–Kier alpha value is -0.470. The molecule has 0 fully saturated rings. The minimum absolute atomic E-state index is 0. The van der Waals surface area contributed by atoms with E-state index in [1.54, 1.807) is 0 Å². The first-order valence-electron chi connectivity index (χ1n) is 2.03. The van der Waals surface area contributed by atoms with Gasteiger partial charge in [-0.25, -0.2) is 0 Å². The van der Waals surface area contributed by atoms with Crippen LogP contribution in [0.15, 0.2) is 0 Å². The third-order valence-corrected chi connectivity index (χ3v) is 0. The van der Waals surface area contributed by atoms with Crippen molar-refractivity contribution in [1.29, 1.82) is 0 Å². The molecule has 112 valence electrons. The van der Waals surface area contributed by atoms with Gasteiger partial charge in [0.2, 0.25) is 0 Å². The molecule has 0 atom stereocenters. The maximum Gasteiger partial charge on any atom is 1.00 e. The van der Waals surface area contributed by atoms with Crippen molar-refractivity contribution < 1.29 is 58.3 Å². The average molecular weight is 328 g/mol. The molecule has 0 saturated carbocycles. The second kappa shape index (κ2) is 10.7. The van der Waals surface area contributed by atoms with Gasteiger partial charge in [0, 0.05) is 20.8 Å². The average Bonchev–Trinajstić information content (AvgIpc) is 1.41. The zero-order chi connectivity index (χ0) is 13.5. The molecule has 0 aromatic rings. The van der Waals surface area contributed by atoms with Gasteiger partial charge in [0.15, 0.2) is 0 Å². The highest BCUT2D eigenvalue weighted by atomic mass is 32.3. The fourth-order valence-electron chi connectivity index (χ4n) is 0. The summed E-state index contributed by atoms with van der Waals surface area (Å²) in [4.78, 5) is 0. The molecule has 0 rings (SSSR count). The maximum atomic E-state index is 8.74. The van der Waals surface area contributed by atoms with Crippen molar-refractivity contribution in [2.75, 3.05) is 0 Å². The monoisotopic (exact) mass is 328 g/mol. The second-order valence-electron chi connectivity index (χ2n) is 1.26. The van der Waals surface area contributed by atoms with Gasteiger partial charge in [0.1, 0.15) is 0 Å². The lowest BCUT2D eigenvalue weighted by atomic mass is 14.0. The van der Waals surface area contributed by atoms with E-state index in [1.165, 1.54) is 0 Å². The second-order valence-corrected chi connectivity index (χ2v) is 3.79. The van der Waals surface area contributed by atoms with Crippen molar-refractivity contribution in [3.63, 3.8) is 0 Å². The van der Waals surface area contributed by atoms with Gasteiger partial charge in [0.05, 0.1) is 0 Å². The third kappa shape index (κ3) is 12900. The first-order valence-corrected chi connectivity index (χ1v) is 6.10. The van der Waals surface area contributed by atoms with Crippen LogP contribution in [-0.2, 0) is 31.2 Å². The van der Waals surface area contributed by atoms with Crippen LogP contribution in [0.2, 0.25) is 0 Å². The summed E-state index contributed by atoms with van der Waals surface area (Å²) in [6.45, 7) is 0. The summed E-state index contributed by atoms with van der Waals surface area (Å²) in [6.07, 6.45) is 0. The van der Waals surface area contributed by atoms with Crippen molar-refractivity contribution in [1.82, 2.24) is 12.3 Å². The lowest BCUT2D eigenvalue weighted by Gasteiger charge is -2.06. The quantitative estimate of drug-likeness (QED) is 0.262. The predicted molar refractivity (Wildman–Crippen MR) is 49.6 cm³/mol. The molecule has 0 heterocycles. The van der Waals surface area contributed by atoms with E-state index in [1.807, 2.05) is 0 Å². The van der Waals surface area contributed by atoms with Crippen LogP contribution in [0.1, 0.15) is 5.71 Å². The summed E-state index contributed by atoms with van der Waals surface area (Å²) in [6, 6.07) is 0. The molecule has 0 aliphatic rings. The van der Waals surface area contributed by atoms with Crippen LogP contribution in [0, 0.1) is 0 Å². The van der Waals surface area contributed by atoms with Crippen molar-refractivity contribution in [3.8, 4) is 0 Å². The Labute approximate surface area is 102 Å². The molecule has 0 radical (unpaired) electrons. The van der Waals surface area contributed by atoms with Gasteiger partial charge in [-0.2, -0.15) is 8.42 Å². The molecule has 17 heavy (non-hydrogen) atoms. The van der Waals surface area contributed by atoms with E-state index in [0.29, 0.717) is 0 Å². The topological polar surface area (TPSA) is 305 Å². The smallest absolute Gasteiger partial charge is 0.759 e. The Balaban J connectivity index is -0.0000000129. The van der Waals surface area contributed by atoms with Crippen LogP contribution in [-0.4, -0.2) is 52.6 Å². The molecule has 0 aromatic heterocycles. The van der Waals surface area contributed by atoms with E-state index in [2.05, 4.69) is 0 Å². The molecule has 8 N–H and O–H groups in total. The summed E-state index contributed by atoms with van der Waals surface area (Å²) >= 11 is 0.